The lowest BCUT2D eigenvalue weighted by Gasteiger charge is -2.05. The Balaban J connectivity index is 2.26. The molecule has 1 aromatic rings. The Labute approximate surface area is 101 Å². The monoisotopic (exact) mass is 235 g/mol. The van der Waals surface area contributed by atoms with Gasteiger partial charge in [-0.05, 0) is 6.42 Å². The quantitative estimate of drug-likeness (QED) is 0.608. The molecule has 0 aliphatic carbocycles. The number of carbonyl (C=O) groups excluding carboxylic acids is 2. The zero-order chi connectivity index (χ0) is 12.5. The molecule has 0 saturated carbocycles. The molecule has 92 valence electrons. The number of ether oxygens (including phenoxy) is 1. The van der Waals surface area contributed by atoms with Crippen molar-refractivity contribution in [1.82, 2.24) is 5.32 Å². The van der Waals surface area contributed by atoms with E-state index in [9.17, 15) is 9.59 Å². The third kappa shape index (κ3) is 5.15. The van der Waals surface area contributed by atoms with Crippen LogP contribution < -0.4 is 5.32 Å². The summed E-state index contributed by atoms with van der Waals surface area (Å²) in [5, 5.41) is 2.58. The summed E-state index contributed by atoms with van der Waals surface area (Å²) in [5.41, 5.74) is 0.550. The molecular weight excluding hydrogens is 218 g/mol. The van der Waals surface area contributed by atoms with E-state index in [1.54, 1.807) is 24.3 Å². The van der Waals surface area contributed by atoms with Crippen LogP contribution in [0, 0.1) is 0 Å². The molecule has 0 radical (unpaired) electrons. The highest BCUT2D eigenvalue weighted by Gasteiger charge is 2.08. The first-order valence-corrected chi connectivity index (χ1v) is 5.73. The van der Waals surface area contributed by atoms with Gasteiger partial charge in [-0.1, -0.05) is 43.7 Å². The highest BCUT2D eigenvalue weighted by atomic mass is 16.5. The van der Waals surface area contributed by atoms with Gasteiger partial charge in [0.2, 0.25) is 0 Å². The number of carbonyl (C=O) groups is 2. The molecule has 0 saturated heterocycles. The summed E-state index contributed by atoms with van der Waals surface area (Å²) in [6.07, 6.45) is 1.37. The van der Waals surface area contributed by atoms with Crippen molar-refractivity contribution >= 4 is 11.9 Å². The summed E-state index contributed by atoms with van der Waals surface area (Å²) in [6, 6.07) is 8.76. The Bertz CT molecular complexity index is 362. The number of nitrogens with one attached hydrogen (secondary N) is 1. The van der Waals surface area contributed by atoms with E-state index < -0.39 is 6.09 Å². The zero-order valence-electron chi connectivity index (χ0n) is 9.94. The van der Waals surface area contributed by atoms with E-state index in [1.165, 1.54) is 0 Å². The lowest BCUT2D eigenvalue weighted by Crippen LogP contribution is -2.27. The Morgan fingerprint density at radius 3 is 2.59 bits per heavy atom. The number of rotatable bonds is 6. The van der Waals surface area contributed by atoms with Gasteiger partial charge in [0, 0.05) is 12.1 Å². The summed E-state index contributed by atoms with van der Waals surface area (Å²) in [6.45, 7) is 2.39. The maximum Gasteiger partial charge on any atom is 0.407 e. The number of unbranched alkanes of at least 4 members (excludes halogenated alkanes) is 1. The fourth-order valence-electron chi connectivity index (χ4n) is 1.26. The topological polar surface area (TPSA) is 55.4 Å². The average Bonchev–Trinajstić information content (AvgIpc) is 2.37. The molecule has 1 rings (SSSR count). The number of ketones is 1. The van der Waals surface area contributed by atoms with Crippen molar-refractivity contribution in [3.63, 3.8) is 0 Å². The van der Waals surface area contributed by atoms with Crippen LogP contribution in [0.2, 0.25) is 0 Å². The first-order chi connectivity index (χ1) is 8.24. The van der Waals surface area contributed by atoms with Gasteiger partial charge in [0.05, 0.1) is 0 Å². The molecule has 0 aromatic heterocycles. The molecule has 0 bridgehead atoms. The van der Waals surface area contributed by atoms with Crippen molar-refractivity contribution in [3.8, 4) is 0 Å². The first-order valence-electron chi connectivity index (χ1n) is 5.73. The molecule has 0 atom stereocenters. The Hall–Kier alpha value is -1.84. The second-order valence-corrected chi connectivity index (χ2v) is 3.65. The maximum atomic E-state index is 11.6. The van der Waals surface area contributed by atoms with E-state index in [0.717, 1.165) is 12.8 Å². The summed E-state index contributed by atoms with van der Waals surface area (Å²) in [7, 11) is 0. The Morgan fingerprint density at radius 1 is 1.24 bits per heavy atom. The van der Waals surface area contributed by atoms with Crippen LogP contribution in [0.5, 0.6) is 0 Å². The molecule has 0 aliphatic rings. The average molecular weight is 235 g/mol. The third-order valence-electron chi connectivity index (χ3n) is 2.23. The molecule has 0 heterocycles. The predicted octanol–water partition coefficient (Wildman–Crippen LogP) is 2.40. The molecule has 0 fully saturated rings. The summed E-state index contributed by atoms with van der Waals surface area (Å²) < 4.78 is 4.81. The Kier molecular flexibility index (Phi) is 5.79. The number of hydrogen-bond donors (Lipinski definition) is 1. The number of benzene rings is 1. The maximum absolute atomic E-state index is 11.6. The van der Waals surface area contributed by atoms with Gasteiger partial charge in [-0.25, -0.2) is 4.79 Å². The van der Waals surface area contributed by atoms with Crippen molar-refractivity contribution in [2.24, 2.45) is 0 Å². The summed E-state index contributed by atoms with van der Waals surface area (Å²) in [4.78, 5) is 22.7. The third-order valence-corrected chi connectivity index (χ3v) is 2.23. The lowest BCUT2D eigenvalue weighted by molar-refractivity contribution is 0.0844. The van der Waals surface area contributed by atoms with Gasteiger partial charge in [0.1, 0.15) is 0 Å². The minimum Gasteiger partial charge on any atom is -0.441 e. The van der Waals surface area contributed by atoms with E-state index in [2.05, 4.69) is 5.32 Å². The van der Waals surface area contributed by atoms with Gasteiger partial charge in [0.25, 0.3) is 0 Å². The molecular formula is C13H17NO3. The Morgan fingerprint density at radius 2 is 1.94 bits per heavy atom. The van der Waals surface area contributed by atoms with Gasteiger partial charge in [0.15, 0.2) is 12.4 Å². The van der Waals surface area contributed by atoms with Crippen LogP contribution in [0.3, 0.4) is 0 Å². The number of amides is 1. The smallest absolute Gasteiger partial charge is 0.407 e. The number of Topliss-reactive ketones (excluding diaryl/α,β-unsaturated/α-hetero) is 1. The van der Waals surface area contributed by atoms with E-state index in [1.807, 2.05) is 13.0 Å². The van der Waals surface area contributed by atoms with Crippen molar-refractivity contribution in [2.75, 3.05) is 13.2 Å². The van der Waals surface area contributed by atoms with Crippen LogP contribution in [-0.4, -0.2) is 25.0 Å². The van der Waals surface area contributed by atoms with Crippen molar-refractivity contribution in [1.29, 1.82) is 0 Å². The molecule has 1 N–H and O–H groups in total. The molecule has 0 unspecified atom stereocenters. The molecule has 4 heteroatoms. The fraction of sp³-hybridized carbons (Fsp3) is 0.385. The molecule has 4 nitrogen and oxygen atoms in total. The van der Waals surface area contributed by atoms with Gasteiger partial charge in [-0.15, -0.1) is 0 Å². The molecule has 17 heavy (non-hydrogen) atoms. The van der Waals surface area contributed by atoms with Crippen molar-refractivity contribution in [2.45, 2.75) is 19.8 Å². The van der Waals surface area contributed by atoms with Crippen LogP contribution in [0.15, 0.2) is 30.3 Å². The van der Waals surface area contributed by atoms with Gasteiger partial charge < -0.3 is 10.1 Å². The highest BCUT2D eigenvalue weighted by molar-refractivity contribution is 5.97. The van der Waals surface area contributed by atoms with Crippen molar-refractivity contribution in [3.05, 3.63) is 35.9 Å². The largest absolute Gasteiger partial charge is 0.441 e. The van der Waals surface area contributed by atoms with Gasteiger partial charge in [-0.2, -0.15) is 0 Å². The first kappa shape index (κ1) is 13.2. The van der Waals surface area contributed by atoms with E-state index >= 15 is 0 Å². The number of hydrogen-bond acceptors (Lipinski definition) is 3. The molecule has 1 aromatic carbocycles. The van der Waals surface area contributed by atoms with E-state index in [0.29, 0.717) is 12.1 Å². The van der Waals surface area contributed by atoms with Crippen molar-refractivity contribution < 1.29 is 14.3 Å². The summed E-state index contributed by atoms with van der Waals surface area (Å²) in [5.74, 6) is -0.198. The summed E-state index contributed by atoms with van der Waals surface area (Å²) >= 11 is 0. The van der Waals surface area contributed by atoms with Crippen LogP contribution >= 0.6 is 0 Å². The molecule has 1 amide bonds. The standard InChI is InChI=1S/C13H17NO3/c1-2-3-9-14-13(16)17-10-12(15)11-7-5-4-6-8-11/h4-8H,2-3,9-10H2,1H3,(H,14,16). The second kappa shape index (κ2) is 7.44. The fourth-order valence-corrected chi connectivity index (χ4v) is 1.26. The molecule has 0 spiro atoms. The SMILES string of the molecule is CCCCNC(=O)OCC(=O)c1ccccc1. The predicted molar refractivity (Wildman–Crippen MR) is 65.0 cm³/mol. The van der Waals surface area contributed by atoms with Gasteiger partial charge in [-0.3, -0.25) is 4.79 Å². The highest BCUT2D eigenvalue weighted by Crippen LogP contribution is 2.00. The van der Waals surface area contributed by atoms with Gasteiger partial charge >= 0.3 is 6.09 Å². The van der Waals surface area contributed by atoms with E-state index in [4.69, 9.17) is 4.74 Å². The lowest BCUT2D eigenvalue weighted by atomic mass is 10.1. The van der Waals surface area contributed by atoms with Crippen LogP contribution in [0.4, 0.5) is 4.79 Å². The van der Waals surface area contributed by atoms with E-state index in [-0.39, 0.29) is 12.4 Å². The van der Waals surface area contributed by atoms with Crippen LogP contribution in [0.1, 0.15) is 30.1 Å². The zero-order valence-corrected chi connectivity index (χ0v) is 9.94. The van der Waals surface area contributed by atoms with Crippen LogP contribution in [-0.2, 0) is 4.74 Å². The second-order valence-electron chi connectivity index (χ2n) is 3.65. The van der Waals surface area contributed by atoms with Crippen LogP contribution in [0.25, 0.3) is 0 Å². The minimum absolute atomic E-state index is 0.198. The number of alkyl carbamates (subject to hydrolysis) is 1. The normalized spacial score (nSPS) is 9.71. The molecule has 0 aliphatic heterocycles. The minimum atomic E-state index is -0.539.